The Bertz CT molecular complexity index is 1070. The second kappa shape index (κ2) is 7.72. The van der Waals surface area contributed by atoms with Gasteiger partial charge in [0.15, 0.2) is 5.76 Å². The number of carbonyl (C=O) groups excluding carboxylic acids is 1. The number of carboxylic acids is 1. The van der Waals surface area contributed by atoms with Gasteiger partial charge in [-0.2, -0.15) is 0 Å². The third-order valence-corrected chi connectivity index (χ3v) is 4.74. The molecule has 0 aliphatic carbocycles. The third kappa shape index (κ3) is 3.98. The number of halogens is 1. The molecule has 7 heteroatoms. The fraction of sp³-hybridized carbons (Fsp3) is 0.238. The van der Waals surface area contributed by atoms with Gasteiger partial charge in [0.2, 0.25) is 0 Å². The molecule has 0 saturated carbocycles. The maximum Gasteiger partial charge on any atom is 0.303 e. The first-order valence-electron chi connectivity index (χ1n) is 8.71. The maximum atomic E-state index is 13.9. The summed E-state index contributed by atoms with van der Waals surface area (Å²) >= 11 is 0. The van der Waals surface area contributed by atoms with E-state index in [0.29, 0.717) is 28.7 Å². The van der Waals surface area contributed by atoms with E-state index in [1.807, 2.05) is 19.9 Å². The van der Waals surface area contributed by atoms with Crippen LogP contribution in [-0.2, 0) is 17.8 Å². The van der Waals surface area contributed by atoms with Crippen molar-refractivity contribution in [1.29, 1.82) is 0 Å². The largest absolute Gasteiger partial charge is 0.488 e. The molecule has 0 saturated heterocycles. The van der Waals surface area contributed by atoms with Crippen LogP contribution in [0.15, 0.2) is 34.7 Å². The number of fused-ring (bicyclic) bond motifs is 1. The van der Waals surface area contributed by atoms with Crippen molar-refractivity contribution in [3.8, 4) is 5.75 Å². The van der Waals surface area contributed by atoms with Gasteiger partial charge >= 0.3 is 5.97 Å². The summed E-state index contributed by atoms with van der Waals surface area (Å²) in [6, 6.07) is 7.56. The van der Waals surface area contributed by atoms with E-state index in [1.54, 1.807) is 6.07 Å². The Hall–Kier alpha value is -3.35. The highest BCUT2D eigenvalue weighted by Crippen LogP contribution is 2.29. The molecular weight excluding hydrogens is 365 g/mol. The number of aliphatic carboxylic acids is 1. The minimum Gasteiger partial charge on any atom is -0.488 e. The number of benzene rings is 2. The number of primary amides is 1. The zero-order valence-electron chi connectivity index (χ0n) is 15.5. The monoisotopic (exact) mass is 385 g/mol. The first kappa shape index (κ1) is 19.4. The van der Waals surface area contributed by atoms with Gasteiger partial charge < -0.3 is 20.0 Å². The molecule has 0 unspecified atom stereocenters. The van der Waals surface area contributed by atoms with Crippen molar-refractivity contribution < 1.29 is 28.2 Å². The number of hydrogen-bond donors (Lipinski definition) is 2. The Labute approximate surface area is 160 Å². The summed E-state index contributed by atoms with van der Waals surface area (Å²) in [5, 5.41) is 9.29. The van der Waals surface area contributed by atoms with Gasteiger partial charge in [-0.3, -0.25) is 9.59 Å². The van der Waals surface area contributed by atoms with Gasteiger partial charge in [-0.15, -0.1) is 0 Å². The van der Waals surface area contributed by atoms with Crippen LogP contribution in [0.2, 0.25) is 0 Å². The minimum atomic E-state index is -0.846. The summed E-state index contributed by atoms with van der Waals surface area (Å²) < 4.78 is 25.2. The molecule has 3 rings (SSSR count). The van der Waals surface area contributed by atoms with E-state index in [-0.39, 0.29) is 18.8 Å². The second-order valence-corrected chi connectivity index (χ2v) is 6.61. The highest BCUT2D eigenvalue weighted by Gasteiger charge is 2.15. The van der Waals surface area contributed by atoms with Gasteiger partial charge in [0.25, 0.3) is 5.91 Å². The van der Waals surface area contributed by atoms with Crippen molar-refractivity contribution in [2.24, 2.45) is 5.73 Å². The summed E-state index contributed by atoms with van der Waals surface area (Å²) in [4.78, 5) is 22.1. The van der Waals surface area contributed by atoms with Crippen molar-refractivity contribution in [2.45, 2.75) is 33.3 Å². The molecule has 6 nitrogen and oxygen atoms in total. The van der Waals surface area contributed by atoms with Crippen LogP contribution in [0.4, 0.5) is 4.39 Å². The molecular formula is C21H20FNO5. The first-order chi connectivity index (χ1) is 13.3. The number of aryl methyl sites for hydroxylation is 1. The molecule has 146 valence electrons. The number of ether oxygens (including phenoxy) is 1. The van der Waals surface area contributed by atoms with Gasteiger partial charge in [0, 0.05) is 17.4 Å². The predicted octanol–water partition coefficient (Wildman–Crippen LogP) is 3.88. The molecule has 0 bridgehead atoms. The highest BCUT2D eigenvalue weighted by atomic mass is 19.1. The predicted molar refractivity (Wildman–Crippen MR) is 101 cm³/mol. The Morgan fingerprint density at radius 3 is 2.57 bits per heavy atom. The summed E-state index contributed by atoms with van der Waals surface area (Å²) in [7, 11) is 0. The number of carboxylic acid groups (broad SMARTS) is 1. The van der Waals surface area contributed by atoms with E-state index in [0.717, 1.165) is 16.7 Å². The summed E-state index contributed by atoms with van der Waals surface area (Å²) in [5.41, 5.74) is 8.81. The van der Waals surface area contributed by atoms with Crippen molar-refractivity contribution >= 4 is 22.8 Å². The summed E-state index contributed by atoms with van der Waals surface area (Å²) in [5.74, 6) is -1.49. The van der Waals surface area contributed by atoms with Crippen LogP contribution < -0.4 is 10.5 Å². The number of carbonyl (C=O) groups is 2. The normalized spacial score (nSPS) is 11.0. The van der Waals surface area contributed by atoms with Crippen molar-refractivity contribution in [2.75, 3.05) is 0 Å². The quantitative estimate of drug-likeness (QED) is 0.642. The second-order valence-electron chi connectivity index (χ2n) is 6.61. The van der Waals surface area contributed by atoms with Gasteiger partial charge in [0.1, 0.15) is 23.8 Å². The Kier molecular flexibility index (Phi) is 5.35. The van der Waals surface area contributed by atoms with Crippen molar-refractivity contribution in [1.82, 2.24) is 0 Å². The molecule has 3 N–H and O–H groups in total. The van der Waals surface area contributed by atoms with E-state index in [1.165, 1.54) is 18.2 Å². The lowest BCUT2D eigenvalue weighted by atomic mass is 9.99. The Morgan fingerprint density at radius 2 is 1.89 bits per heavy atom. The van der Waals surface area contributed by atoms with E-state index in [9.17, 15) is 14.0 Å². The summed E-state index contributed by atoms with van der Waals surface area (Å²) in [6.07, 6.45) is 0.498. The van der Waals surface area contributed by atoms with Crippen LogP contribution in [-0.4, -0.2) is 17.0 Å². The van der Waals surface area contributed by atoms with Crippen molar-refractivity contribution in [3.63, 3.8) is 0 Å². The molecule has 2 aromatic carbocycles. The summed E-state index contributed by atoms with van der Waals surface area (Å²) in [6.45, 7) is 3.83. The lowest BCUT2D eigenvalue weighted by Gasteiger charge is -2.14. The molecule has 1 aromatic heterocycles. The Morgan fingerprint density at radius 1 is 1.14 bits per heavy atom. The molecule has 0 aliphatic rings. The SMILES string of the molecule is Cc1c(CCC(=O)O)ccc(OCc2cc(F)cc3cc(C(N)=O)oc23)c1C. The number of nitrogens with two attached hydrogens (primary N) is 1. The molecule has 1 amide bonds. The zero-order chi connectivity index (χ0) is 20.4. The number of furan rings is 1. The van der Waals surface area contributed by atoms with Crippen LogP contribution in [0.5, 0.6) is 5.75 Å². The highest BCUT2D eigenvalue weighted by molar-refractivity contribution is 5.95. The van der Waals surface area contributed by atoms with Crippen LogP contribution >= 0.6 is 0 Å². The number of rotatable bonds is 7. The fourth-order valence-corrected chi connectivity index (χ4v) is 3.09. The molecule has 0 radical (unpaired) electrons. The van der Waals surface area contributed by atoms with E-state index in [4.69, 9.17) is 20.0 Å². The smallest absolute Gasteiger partial charge is 0.303 e. The molecule has 1 heterocycles. The first-order valence-corrected chi connectivity index (χ1v) is 8.71. The van der Waals surface area contributed by atoms with E-state index < -0.39 is 17.7 Å². The number of amides is 1. The third-order valence-electron chi connectivity index (χ3n) is 4.74. The van der Waals surface area contributed by atoms with Crippen LogP contribution in [0.25, 0.3) is 11.0 Å². The van der Waals surface area contributed by atoms with Gasteiger partial charge in [-0.05, 0) is 61.2 Å². The molecule has 0 atom stereocenters. The van der Waals surface area contributed by atoms with Gasteiger partial charge in [-0.25, -0.2) is 4.39 Å². The molecule has 28 heavy (non-hydrogen) atoms. The average molecular weight is 385 g/mol. The lowest BCUT2D eigenvalue weighted by Crippen LogP contribution is -2.09. The van der Waals surface area contributed by atoms with E-state index >= 15 is 0 Å². The standard InChI is InChI=1S/C21H20FNO5/c1-11-12(2)17(5-3-13(11)4-6-19(24)25)27-10-15-8-16(22)7-14-9-18(21(23)26)28-20(14)15/h3,5,7-9H,4,6,10H2,1-2H3,(H2,23,26)(H,24,25). The molecule has 0 aliphatic heterocycles. The fourth-order valence-electron chi connectivity index (χ4n) is 3.09. The average Bonchev–Trinajstić information content (AvgIpc) is 3.06. The van der Waals surface area contributed by atoms with E-state index in [2.05, 4.69) is 0 Å². The maximum absolute atomic E-state index is 13.9. The van der Waals surface area contributed by atoms with Gasteiger partial charge in [0.05, 0.1) is 0 Å². The minimum absolute atomic E-state index is 0.0364. The zero-order valence-corrected chi connectivity index (χ0v) is 15.5. The van der Waals surface area contributed by atoms with Crippen molar-refractivity contribution in [3.05, 3.63) is 64.2 Å². The van der Waals surface area contributed by atoms with Gasteiger partial charge in [-0.1, -0.05) is 6.07 Å². The van der Waals surface area contributed by atoms with Crippen LogP contribution in [0.1, 0.15) is 39.2 Å². The number of hydrogen-bond acceptors (Lipinski definition) is 4. The lowest BCUT2D eigenvalue weighted by molar-refractivity contribution is -0.136. The molecule has 0 fully saturated rings. The molecule has 0 spiro atoms. The Balaban J connectivity index is 1.85. The molecule has 3 aromatic rings. The van der Waals surface area contributed by atoms with Crippen LogP contribution in [0.3, 0.4) is 0 Å². The topological polar surface area (TPSA) is 103 Å². The van der Waals surface area contributed by atoms with Crippen LogP contribution in [0, 0.1) is 19.7 Å².